The maximum absolute atomic E-state index is 10.1. The van der Waals surface area contributed by atoms with Crippen LogP contribution in [0, 0.1) is 0 Å². The van der Waals surface area contributed by atoms with Gasteiger partial charge in [0.05, 0.1) is 25.4 Å². The summed E-state index contributed by atoms with van der Waals surface area (Å²) in [5, 5.41) is 19.9. The molecule has 0 aromatic heterocycles. The second kappa shape index (κ2) is 5.73. The van der Waals surface area contributed by atoms with E-state index in [0.29, 0.717) is 13.0 Å². The minimum absolute atomic E-state index is 0.197. The molecule has 2 N–H and O–H groups in total. The normalized spacial score (nSPS) is 39.6. The summed E-state index contributed by atoms with van der Waals surface area (Å²) in [6.07, 6.45) is -1.65. The maximum Gasteiger partial charge on any atom is 0.188 e. The highest BCUT2D eigenvalue weighted by atomic mass is 16.8. The molecule has 0 amide bonds. The predicted octanol–water partition coefficient (Wildman–Crippen LogP) is 0.375. The van der Waals surface area contributed by atoms with Crippen molar-refractivity contribution < 1.29 is 33.9 Å². The van der Waals surface area contributed by atoms with Crippen molar-refractivity contribution in [2.24, 2.45) is 0 Å². The van der Waals surface area contributed by atoms with Crippen LogP contribution in [0.5, 0.6) is 0 Å². The first kappa shape index (κ1) is 17.1. The SMILES string of the molecule is COC(O)C1(CO)OC(C)(C)OC1CC1COC(C)(C)O1. The monoisotopic (exact) mass is 306 g/mol. The Bertz CT molecular complexity index is 370. The number of hydrogen-bond donors (Lipinski definition) is 2. The molecular weight excluding hydrogens is 280 g/mol. The molecule has 7 heteroatoms. The van der Waals surface area contributed by atoms with Gasteiger partial charge in [-0.25, -0.2) is 0 Å². The van der Waals surface area contributed by atoms with Gasteiger partial charge in [0.1, 0.15) is 0 Å². The highest BCUT2D eigenvalue weighted by Crippen LogP contribution is 2.42. The maximum atomic E-state index is 10.1. The summed E-state index contributed by atoms with van der Waals surface area (Å²) in [5.41, 5.74) is -1.34. The summed E-state index contributed by atoms with van der Waals surface area (Å²) in [4.78, 5) is 0. The Balaban J connectivity index is 2.15. The van der Waals surface area contributed by atoms with E-state index in [4.69, 9.17) is 23.7 Å². The fraction of sp³-hybridized carbons (Fsp3) is 1.00. The molecular formula is C14H26O7. The van der Waals surface area contributed by atoms with Crippen LogP contribution < -0.4 is 0 Å². The van der Waals surface area contributed by atoms with Crippen LogP contribution >= 0.6 is 0 Å². The van der Waals surface area contributed by atoms with Gasteiger partial charge in [-0.05, 0) is 27.7 Å². The summed E-state index contributed by atoms with van der Waals surface area (Å²) in [6.45, 7) is 7.15. The van der Waals surface area contributed by atoms with E-state index in [-0.39, 0.29) is 6.10 Å². The quantitative estimate of drug-likeness (QED) is 0.710. The van der Waals surface area contributed by atoms with Crippen molar-refractivity contribution in [1.29, 1.82) is 0 Å². The van der Waals surface area contributed by atoms with E-state index in [0.717, 1.165) is 0 Å². The van der Waals surface area contributed by atoms with Crippen molar-refractivity contribution >= 4 is 0 Å². The van der Waals surface area contributed by atoms with Crippen LogP contribution in [0.1, 0.15) is 34.1 Å². The number of aliphatic hydroxyl groups excluding tert-OH is 2. The Morgan fingerprint density at radius 1 is 1.19 bits per heavy atom. The van der Waals surface area contributed by atoms with Gasteiger partial charge in [0, 0.05) is 13.5 Å². The van der Waals surface area contributed by atoms with Crippen molar-refractivity contribution in [3.8, 4) is 0 Å². The molecule has 21 heavy (non-hydrogen) atoms. The Morgan fingerprint density at radius 2 is 1.86 bits per heavy atom. The van der Waals surface area contributed by atoms with Gasteiger partial charge < -0.3 is 33.9 Å². The number of rotatable bonds is 5. The minimum Gasteiger partial charge on any atom is -0.393 e. The number of hydrogen-bond acceptors (Lipinski definition) is 7. The topological polar surface area (TPSA) is 86.6 Å². The first-order chi connectivity index (χ1) is 9.64. The summed E-state index contributed by atoms with van der Waals surface area (Å²) in [5.74, 6) is -1.57. The summed E-state index contributed by atoms with van der Waals surface area (Å²) in [7, 11) is 1.35. The Labute approximate surface area is 125 Å². The van der Waals surface area contributed by atoms with Crippen LogP contribution in [0.4, 0.5) is 0 Å². The lowest BCUT2D eigenvalue weighted by atomic mass is 9.92. The third-order valence-electron chi connectivity index (χ3n) is 3.84. The molecule has 0 bridgehead atoms. The Morgan fingerprint density at radius 3 is 2.33 bits per heavy atom. The van der Waals surface area contributed by atoms with Gasteiger partial charge in [-0.2, -0.15) is 0 Å². The van der Waals surface area contributed by atoms with E-state index in [1.54, 1.807) is 13.8 Å². The second-order valence-corrected chi connectivity index (χ2v) is 6.50. The summed E-state index contributed by atoms with van der Waals surface area (Å²) < 4.78 is 27.9. The van der Waals surface area contributed by atoms with Gasteiger partial charge in [0.25, 0.3) is 0 Å². The standard InChI is InChI=1S/C14H26O7/c1-12(2)18-7-9(19-12)6-10-14(8-15,11(16)17-5)21-13(3,4)20-10/h9-11,15-16H,6-8H2,1-5H3. The molecule has 0 aromatic rings. The summed E-state index contributed by atoms with van der Waals surface area (Å²) in [6, 6.07) is 0. The van der Waals surface area contributed by atoms with Gasteiger partial charge in [-0.3, -0.25) is 0 Å². The fourth-order valence-corrected chi connectivity index (χ4v) is 2.98. The van der Waals surface area contributed by atoms with E-state index in [1.807, 2.05) is 13.8 Å². The van der Waals surface area contributed by atoms with Crippen molar-refractivity contribution in [2.75, 3.05) is 20.3 Å². The van der Waals surface area contributed by atoms with E-state index in [2.05, 4.69) is 0 Å². The van der Waals surface area contributed by atoms with Crippen LogP contribution in [0.15, 0.2) is 0 Å². The van der Waals surface area contributed by atoms with Crippen molar-refractivity contribution in [2.45, 2.75) is 69.8 Å². The first-order valence-electron chi connectivity index (χ1n) is 7.15. The molecule has 0 spiro atoms. The smallest absolute Gasteiger partial charge is 0.188 e. The van der Waals surface area contributed by atoms with Crippen LogP contribution in [0.3, 0.4) is 0 Å². The third-order valence-corrected chi connectivity index (χ3v) is 3.84. The molecule has 2 fully saturated rings. The summed E-state index contributed by atoms with van der Waals surface area (Å²) >= 11 is 0. The molecule has 0 radical (unpaired) electrons. The lowest BCUT2D eigenvalue weighted by Crippen LogP contribution is -2.55. The van der Waals surface area contributed by atoms with Crippen molar-refractivity contribution in [1.82, 2.24) is 0 Å². The van der Waals surface area contributed by atoms with Gasteiger partial charge in [0.2, 0.25) is 0 Å². The van der Waals surface area contributed by atoms with Gasteiger partial charge >= 0.3 is 0 Å². The van der Waals surface area contributed by atoms with E-state index in [9.17, 15) is 10.2 Å². The molecule has 4 unspecified atom stereocenters. The zero-order chi connectivity index (χ0) is 15.9. The molecule has 4 atom stereocenters. The molecule has 7 nitrogen and oxygen atoms in total. The van der Waals surface area contributed by atoms with Crippen LogP contribution in [-0.4, -0.2) is 66.2 Å². The molecule has 124 valence electrons. The average molecular weight is 306 g/mol. The predicted molar refractivity (Wildman–Crippen MR) is 72.4 cm³/mol. The number of methoxy groups -OCH3 is 1. The fourth-order valence-electron chi connectivity index (χ4n) is 2.98. The lowest BCUT2D eigenvalue weighted by Gasteiger charge is -2.35. The van der Waals surface area contributed by atoms with Crippen molar-refractivity contribution in [3.63, 3.8) is 0 Å². The third kappa shape index (κ3) is 3.39. The molecule has 2 rings (SSSR count). The molecule has 0 aromatic carbocycles. The van der Waals surface area contributed by atoms with Gasteiger partial charge in [-0.15, -0.1) is 0 Å². The second-order valence-electron chi connectivity index (χ2n) is 6.50. The minimum atomic E-state index is -1.34. The zero-order valence-electron chi connectivity index (χ0n) is 13.3. The molecule has 2 aliphatic heterocycles. The van der Waals surface area contributed by atoms with Crippen LogP contribution in [-0.2, 0) is 23.7 Å². The highest BCUT2D eigenvalue weighted by molar-refractivity contribution is 5.00. The van der Waals surface area contributed by atoms with Gasteiger partial charge in [0.15, 0.2) is 23.5 Å². The van der Waals surface area contributed by atoms with E-state index in [1.165, 1.54) is 7.11 Å². The first-order valence-corrected chi connectivity index (χ1v) is 7.15. The largest absolute Gasteiger partial charge is 0.393 e. The zero-order valence-corrected chi connectivity index (χ0v) is 13.3. The van der Waals surface area contributed by atoms with Gasteiger partial charge in [-0.1, -0.05) is 0 Å². The molecule has 0 aliphatic carbocycles. The Kier molecular flexibility index (Phi) is 4.66. The molecule has 0 saturated carbocycles. The van der Waals surface area contributed by atoms with E-state index >= 15 is 0 Å². The highest BCUT2D eigenvalue weighted by Gasteiger charge is 2.58. The molecule has 2 heterocycles. The number of ether oxygens (including phenoxy) is 5. The average Bonchev–Trinajstić information content (AvgIpc) is 2.86. The lowest BCUT2D eigenvalue weighted by molar-refractivity contribution is -0.250. The number of aliphatic hydroxyl groups is 2. The van der Waals surface area contributed by atoms with Crippen LogP contribution in [0.2, 0.25) is 0 Å². The van der Waals surface area contributed by atoms with E-state index < -0.39 is 36.2 Å². The van der Waals surface area contributed by atoms with Crippen LogP contribution in [0.25, 0.3) is 0 Å². The Hall–Kier alpha value is -0.280. The molecule has 2 saturated heterocycles. The van der Waals surface area contributed by atoms with Crippen molar-refractivity contribution in [3.05, 3.63) is 0 Å². The molecule has 2 aliphatic rings.